The molecule has 4 heteroatoms. The average molecular weight is 384 g/mol. The molecular weight excluding hydrogens is 358 g/mol. The third-order valence-electron chi connectivity index (χ3n) is 5.93. The van der Waals surface area contributed by atoms with E-state index in [4.69, 9.17) is 16.3 Å². The van der Waals surface area contributed by atoms with Gasteiger partial charge >= 0.3 is 5.97 Å². The first-order valence-electron chi connectivity index (χ1n) is 9.89. The van der Waals surface area contributed by atoms with Crippen LogP contribution >= 0.6 is 11.6 Å². The van der Waals surface area contributed by atoms with Crippen LogP contribution in [0.3, 0.4) is 0 Å². The molecule has 0 amide bonds. The lowest BCUT2D eigenvalue weighted by atomic mass is 9.88. The van der Waals surface area contributed by atoms with Gasteiger partial charge in [-0.1, -0.05) is 54.8 Å². The lowest BCUT2D eigenvalue weighted by molar-refractivity contribution is -0.138. The van der Waals surface area contributed by atoms with Gasteiger partial charge < -0.3 is 9.64 Å². The van der Waals surface area contributed by atoms with E-state index < -0.39 is 0 Å². The third-order valence-corrected chi connectivity index (χ3v) is 6.22. The van der Waals surface area contributed by atoms with Crippen molar-refractivity contribution in [3.8, 4) is 5.75 Å². The molecule has 0 bridgehead atoms. The summed E-state index contributed by atoms with van der Waals surface area (Å²) in [7, 11) is 2.16. The number of rotatable bonds is 3. The van der Waals surface area contributed by atoms with Gasteiger partial charge in [-0.2, -0.15) is 0 Å². The van der Waals surface area contributed by atoms with Gasteiger partial charge in [0.15, 0.2) is 0 Å². The maximum absolute atomic E-state index is 12.5. The molecule has 2 aliphatic rings. The van der Waals surface area contributed by atoms with Crippen molar-refractivity contribution in [3.05, 3.63) is 64.2 Å². The Bertz CT molecular complexity index is 815. The standard InChI is InChI=1S/C23H26ClNO2/c1-25-12-11-18-13-21(24)22(27-23(26)17-9-5-6-10-17)14-19(18)20(15-25)16-7-3-2-4-8-16/h2-4,7-8,13-14,17,20H,5-6,9-12,15H2,1H3/t20-/m0/s1. The van der Waals surface area contributed by atoms with Gasteiger partial charge in [-0.3, -0.25) is 4.79 Å². The van der Waals surface area contributed by atoms with Crippen LogP contribution in [0.25, 0.3) is 0 Å². The lowest BCUT2D eigenvalue weighted by Gasteiger charge is -2.23. The fourth-order valence-electron chi connectivity index (χ4n) is 4.37. The first-order valence-corrected chi connectivity index (χ1v) is 10.3. The number of fused-ring (bicyclic) bond motifs is 1. The van der Waals surface area contributed by atoms with Crippen molar-refractivity contribution in [2.45, 2.75) is 38.0 Å². The van der Waals surface area contributed by atoms with Gasteiger partial charge in [-0.15, -0.1) is 0 Å². The first-order chi connectivity index (χ1) is 13.1. The number of esters is 1. The lowest BCUT2D eigenvalue weighted by Crippen LogP contribution is -2.24. The van der Waals surface area contributed by atoms with Crippen LogP contribution in [0.4, 0.5) is 0 Å². The summed E-state index contributed by atoms with van der Waals surface area (Å²) in [4.78, 5) is 14.9. The van der Waals surface area contributed by atoms with Crippen molar-refractivity contribution in [3.63, 3.8) is 0 Å². The summed E-state index contributed by atoms with van der Waals surface area (Å²) in [5.41, 5.74) is 3.76. The van der Waals surface area contributed by atoms with Gasteiger partial charge in [0.1, 0.15) is 5.75 Å². The molecule has 0 spiro atoms. The van der Waals surface area contributed by atoms with Crippen LogP contribution in [0, 0.1) is 5.92 Å². The molecule has 1 saturated carbocycles. The quantitative estimate of drug-likeness (QED) is 0.548. The van der Waals surface area contributed by atoms with Crippen molar-refractivity contribution in [2.75, 3.05) is 20.1 Å². The molecule has 0 radical (unpaired) electrons. The van der Waals surface area contributed by atoms with Crippen molar-refractivity contribution < 1.29 is 9.53 Å². The van der Waals surface area contributed by atoms with E-state index in [1.807, 2.05) is 18.2 Å². The molecule has 0 unspecified atom stereocenters. The van der Waals surface area contributed by atoms with Gasteiger partial charge in [0.25, 0.3) is 0 Å². The number of halogens is 1. The van der Waals surface area contributed by atoms with Gasteiger partial charge in [0.05, 0.1) is 10.9 Å². The zero-order valence-electron chi connectivity index (χ0n) is 15.8. The summed E-state index contributed by atoms with van der Waals surface area (Å²) in [6.07, 6.45) is 5.03. The minimum atomic E-state index is -0.128. The second kappa shape index (κ2) is 8.04. The van der Waals surface area contributed by atoms with Crippen LogP contribution in [0.1, 0.15) is 48.3 Å². The Morgan fingerprint density at radius 1 is 1.15 bits per heavy atom. The third kappa shape index (κ3) is 4.04. The smallest absolute Gasteiger partial charge is 0.314 e. The van der Waals surface area contributed by atoms with Gasteiger partial charge in [0.2, 0.25) is 0 Å². The topological polar surface area (TPSA) is 29.5 Å². The Hall–Kier alpha value is -1.84. The molecule has 1 aliphatic heterocycles. The minimum Gasteiger partial charge on any atom is -0.425 e. The summed E-state index contributed by atoms with van der Waals surface area (Å²) in [5, 5.41) is 0.538. The van der Waals surface area contributed by atoms with Crippen LogP contribution in [0.15, 0.2) is 42.5 Å². The molecule has 0 N–H and O–H groups in total. The monoisotopic (exact) mass is 383 g/mol. The Morgan fingerprint density at radius 3 is 2.63 bits per heavy atom. The summed E-state index contributed by atoms with van der Waals surface area (Å²) in [6.45, 7) is 1.93. The SMILES string of the molecule is CN1CCc2cc(Cl)c(OC(=O)C3CCCC3)cc2[C@H](c2ccccc2)C1. The van der Waals surface area contributed by atoms with Gasteiger partial charge in [-0.25, -0.2) is 0 Å². The van der Waals surface area contributed by atoms with E-state index in [0.29, 0.717) is 10.8 Å². The van der Waals surface area contributed by atoms with Crippen molar-refractivity contribution in [1.82, 2.24) is 4.90 Å². The van der Waals surface area contributed by atoms with Crippen molar-refractivity contribution in [2.24, 2.45) is 5.92 Å². The van der Waals surface area contributed by atoms with Crippen LogP contribution < -0.4 is 4.74 Å². The zero-order valence-corrected chi connectivity index (χ0v) is 16.5. The number of hydrogen-bond acceptors (Lipinski definition) is 3. The highest BCUT2D eigenvalue weighted by Gasteiger charge is 2.28. The molecule has 1 aliphatic carbocycles. The average Bonchev–Trinajstić information content (AvgIpc) is 3.17. The van der Waals surface area contributed by atoms with E-state index in [-0.39, 0.29) is 17.8 Å². The molecule has 142 valence electrons. The van der Waals surface area contributed by atoms with Crippen LogP contribution in [-0.2, 0) is 11.2 Å². The fraction of sp³-hybridized carbons (Fsp3) is 0.435. The van der Waals surface area contributed by atoms with Gasteiger partial charge in [0, 0.05) is 19.0 Å². The number of ether oxygens (including phenoxy) is 1. The number of likely N-dealkylation sites (N-methyl/N-ethyl adjacent to an activating group) is 1. The Kier molecular flexibility index (Phi) is 5.51. The molecule has 1 fully saturated rings. The van der Waals surface area contributed by atoms with Crippen molar-refractivity contribution >= 4 is 17.6 Å². The summed E-state index contributed by atoms with van der Waals surface area (Å²) >= 11 is 6.50. The fourth-order valence-corrected chi connectivity index (χ4v) is 4.59. The molecular formula is C23H26ClNO2. The highest BCUT2D eigenvalue weighted by Crippen LogP contribution is 2.38. The minimum absolute atomic E-state index is 0.0240. The van der Waals surface area contributed by atoms with Crippen LogP contribution in [0.2, 0.25) is 5.02 Å². The number of carbonyl (C=O) groups is 1. The molecule has 1 heterocycles. The van der Waals surface area contributed by atoms with E-state index in [1.165, 1.54) is 16.7 Å². The molecule has 3 nitrogen and oxygen atoms in total. The van der Waals surface area contributed by atoms with E-state index in [0.717, 1.165) is 45.2 Å². The Balaban J connectivity index is 1.69. The number of carbonyl (C=O) groups excluding carboxylic acids is 1. The Labute approximate surface area is 166 Å². The normalized spacial score (nSPS) is 20.9. The maximum Gasteiger partial charge on any atom is 0.314 e. The first kappa shape index (κ1) is 18.5. The molecule has 0 saturated heterocycles. The molecule has 1 atom stereocenters. The highest BCUT2D eigenvalue weighted by molar-refractivity contribution is 6.32. The number of nitrogens with zero attached hydrogens (tertiary/aromatic N) is 1. The number of benzene rings is 2. The molecule has 4 rings (SSSR count). The predicted molar refractivity (Wildman–Crippen MR) is 109 cm³/mol. The van der Waals surface area contributed by atoms with E-state index in [2.05, 4.69) is 36.2 Å². The second-order valence-corrected chi connectivity index (χ2v) is 8.27. The summed E-state index contributed by atoms with van der Waals surface area (Å²) in [5.74, 6) is 0.653. The summed E-state index contributed by atoms with van der Waals surface area (Å²) < 4.78 is 5.76. The molecule has 2 aromatic carbocycles. The highest BCUT2D eigenvalue weighted by atomic mass is 35.5. The Morgan fingerprint density at radius 2 is 1.89 bits per heavy atom. The van der Waals surface area contributed by atoms with Gasteiger partial charge in [-0.05, 0) is 55.1 Å². The predicted octanol–water partition coefficient (Wildman–Crippen LogP) is 5.06. The van der Waals surface area contributed by atoms with Crippen LogP contribution in [0.5, 0.6) is 5.75 Å². The van der Waals surface area contributed by atoms with Crippen LogP contribution in [-0.4, -0.2) is 31.0 Å². The zero-order chi connectivity index (χ0) is 18.8. The molecule has 27 heavy (non-hydrogen) atoms. The summed E-state index contributed by atoms with van der Waals surface area (Å²) in [6, 6.07) is 14.6. The number of hydrogen-bond donors (Lipinski definition) is 0. The second-order valence-electron chi connectivity index (χ2n) is 7.86. The van der Waals surface area contributed by atoms with E-state index in [1.54, 1.807) is 0 Å². The van der Waals surface area contributed by atoms with E-state index >= 15 is 0 Å². The maximum atomic E-state index is 12.5. The van der Waals surface area contributed by atoms with Crippen molar-refractivity contribution in [1.29, 1.82) is 0 Å². The molecule has 0 aromatic heterocycles. The van der Waals surface area contributed by atoms with E-state index in [9.17, 15) is 4.79 Å². The largest absolute Gasteiger partial charge is 0.425 e. The molecule has 2 aromatic rings.